The van der Waals surface area contributed by atoms with E-state index in [1.165, 1.54) is 14.7 Å². The molecule has 2 N–H and O–H groups in total. The van der Waals surface area contributed by atoms with E-state index in [-0.39, 0.29) is 22.4 Å². The number of H-pyrrole nitrogens is 1. The first-order valence-corrected chi connectivity index (χ1v) is 23.5. The van der Waals surface area contributed by atoms with Gasteiger partial charge in [-0.2, -0.15) is 9.47 Å². The Morgan fingerprint density at radius 3 is 2.37 bits per heavy atom. The number of carbonyl (C=O) groups excluding carboxylic acids is 1. The molecule has 2 fully saturated rings. The zero-order chi connectivity index (χ0) is 43.2. The normalized spacial score (nSPS) is 18.5. The monoisotopic (exact) mass is 875 g/mol. The van der Waals surface area contributed by atoms with Gasteiger partial charge >= 0.3 is 10.6 Å². The molecule has 17 heteroatoms. The van der Waals surface area contributed by atoms with Crippen molar-refractivity contribution in [3.05, 3.63) is 138 Å². The number of fused-ring (bicyclic) bond motifs is 2. The number of hydrogen-bond acceptors (Lipinski definition) is 9. The molecule has 2 aliphatic heterocycles. The highest BCUT2D eigenvalue weighted by Crippen LogP contribution is 2.51. The molecule has 2 atom stereocenters. The van der Waals surface area contributed by atoms with Gasteiger partial charge in [-0.3, -0.25) is 23.7 Å². The molecule has 0 radical (unpaired) electrons. The molecule has 10 rings (SSSR count). The van der Waals surface area contributed by atoms with Crippen molar-refractivity contribution < 1.29 is 18.1 Å². The quantitative estimate of drug-likeness (QED) is 0.154. The van der Waals surface area contributed by atoms with Gasteiger partial charge in [-0.1, -0.05) is 13.0 Å². The lowest BCUT2D eigenvalue weighted by Crippen LogP contribution is -2.41. The molecule has 3 aliphatic rings. The van der Waals surface area contributed by atoms with Crippen LogP contribution in [-0.2, 0) is 26.4 Å². The van der Waals surface area contributed by atoms with Gasteiger partial charge in [0.05, 0.1) is 32.8 Å². The minimum atomic E-state index is -2.95. The summed E-state index contributed by atoms with van der Waals surface area (Å²) in [6.07, 6.45) is 6.94. The van der Waals surface area contributed by atoms with Crippen LogP contribution in [0.1, 0.15) is 95.8 Å². The highest BCUT2D eigenvalue weighted by atomic mass is 32.2. The van der Waals surface area contributed by atoms with E-state index in [9.17, 15) is 13.8 Å². The van der Waals surface area contributed by atoms with E-state index in [0.29, 0.717) is 101 Å². The molecule has 6 heterocycles. The average Bonchev–Trinajstić information content (AvgIpc) is 3.56. The lowest BCUT2D eigenvalue weighted by molar-refractivity contribution is 0.0664. The number of halogens is 1. The van der Waals surface area contributed by atoms with Gasteiger partial charge in [0.15, 0.2) is 0 Å². The summed E-state index contributed by atoms with van der Waals surface area (Å²) >= 11 is 0.876. The van der Waals surface area contributed by atoms with Crippen LogP contribution in [0.15, 0.2) is 87.5 Å². The maximum absolute atomic E-state index is 15.4. The van der Waals surface area contributed by atoms with Crippen LogP contribution in [0.5, 0.6) is 0 Å². The molecule has 320 valence electrons. The van der Waals surface area contributed by atoms with Crippen molar-refractivity contribution >= 4 is 38.1 Å². The van der Waals surface area contributed by atoms with Gasteiger partial charge in [-0.05, 0) is 124 Å². The van der Waals surface area contributed by atoms with Gasteiger partial charge in [-0.15, -0.1) is 0 Å². The third-order valence-corrected chi connectivity index (χ3v) is 15.4. The van der Waals surface area contributed by atoms with Crippen LogP contribution in [0.4, 0.5) is 4.39 Å². The molecular weight excluding hydrogens is 830 g/mol. The second kappa shape index (κ2) is 14.9. The zero-order valence-corrected chi connectivity index (χ0v) is 36.4. The number of nitrogens with one attached hydrogen (secondary N) is 2. The predicted octanol–water partition coefficient (Wildman–Crippen LogP) is 7.29. The maximum Gasteiger partial charge on any atom is 0.338 e. The number of carbonyl (C=O) groups is 1. The summed E-state index contributed by atoms with van der Waals surface area (Å²) in [5.41, 5.74) is 4.81. The van der Waals surface area contributed by atoms with Crippen LogP contribution in [0.2, 0.25) is 0 Å². The number of imidazole rings is 1. The summed E-state index contributed by atoms with van der Waals surface area (Å²) in [6.45, 7) is 8.80. The molecule has 3 aromatic carbocycles. The molecule has 7 aromatic rings. The number of amides is 1. The second-order valence-electron chi connectivity index (χ2n) is 16.7. The predicted molar refractivity (Wildman–Crippen MR) is 235 cm³/mol. The van der Waals surface area contributed by atoms with Crippen molar-refractivity contribution in [2.75, 3.05) is 25.5 Å². The van der Waals surface area contributed by atoms with E-state index >= 15 is 9.18 Å². The first kappa shape index (κ1) is 40.2. The smallest absolute Gasteiger partial charge is 0.338 e. The minimum Gasteiger partial charge on any atom is -0.381 e. The van der Waals surface area contributed by atoms with Crippen LogP contribution in [0, 0.1) is 24.4 Å². The fraction of sp³-hybridized carbons (Fsp3) is 0.356. The Kier molecular flexibility index (Phi) is 9.64. The van der Waals surface area contributed by atoms with Gasteiger partial charge in [0.25, 0.3) is 5.91 Å². The number of ether oxygens (including phenoxy) is 1. The van der Waals surface area contributed by atoms with Gasteiger partial charge in [0.1, 0.15) is 28.7 Å². The maximum atomic E-state index is 15.4. The van der Waals surface area contributed by atoms with Gasteiger partial charge < -0.3 is 14.2 Å². The standard InChI is InChI=1S/C45H46FN9O5S2/c1-5-62(47,59)34-9-7-32(8-10-34)52-18-19-53(44(52)58)40-38-28(4)51(17-12-35(38)49-55(40)33-22-26(2)39(46)27(3)23-33)41(56)37-25-31-24-30(29-13-20-60-21-14-29)6-11-36(31)54(37)45(15-16-45)42-48-43(57)61-50-42/h6-11,18-19,22-25,28-29,47H,5,12-17,20-21H2,1-4H3,(H,48,50,57)/t28-,62-/m0/s1. The van der Waals surface area contributed by atoms with Crippen molar-refractivity contribution in [2.24, 2.45) is 0 Å². The molecular formula is C45H46FN9O5S2. The fourth-order valence-electron chi connectivity index (χ4n) is 9.52. The molecule has 1 saturated heterocycles. The fourth-order valence-corrected chi connectivity index (χ4v) is 11.0. The zero-order valence-electron chi connectivity index (χ0n) is 34.8. The molecule has 4 aromatic heterocycles. The topological polar surface area (TPSA) is 166 Å². The Hall–Kier alpha value is -5.91. The number of rotatable bonds is 9. The number of aromatic amines is 1. The van der Waals surface area contributed by atoms with E-state index in [1.54, 1.807) is 74.2 Å². The van der Waals surface area contributed by atoms with Crippen molar-refractivity contribution in [3.8, 4) is 17.2 Å². The van der Waals surface area contributed by atoms with Gasteiger partial charge in [0, 0.05) is 77.2 Å². The second-order valence-corrected chi connectivity index (χ2v) is 19.9. The number of benzene rings is 3. The third kappa shape index (κ3) is 6.42. The van der Waals surface area contributed by atoms with Gasteiger partial charge in [0.2, 0.25) is 0 Å². The van der Waals surface area contributed by atoms with E-state index < -0.39 is 27.0 Å². The number of aromatic nitrogens is 7. The minimum absolute atomic E-state index is 0.172. The SMILES string of the molecule is CC[S@](=N)(=O)c1ccc(-n2ccn(-c3c4c(nn3-c3cc(C)c(F)c(C)c3)CCN(C(=O)c3cc5cc(C6CCOCC6)ccc5n3C3(c5nsc(=O)[nH]5)CC3)[C@H]4C)c2=O)cc1. The van der Waals surface area contributed by atoms with E-state index in [1.807, 2.05) is 17.9 Å². The van der Waals surface area contributed by atoms with Crippen molar-refractivity contribution in [1.82, 2.24) is 37.7 Å². The Morgan fingerprint density at radius 2 is 1.71 bits per heavy atom. The summed E-state index contributed by atoms with van der Waals surface area (Å²) in [4.78, 5) is 47.3. The Morgan fingerprint density at radius 1 is 1.00 bits per heavy atom. The van der Waals surface area contributed by atoms with Crippen molar-refractivity contribution in [2.45, 2.75) is 82.2 Å². The van der Waals surface area contributed by atoms with Crippen molar-refractivity contribution in [1.29, 1.82) is 4.78 Å². The van der Waals surface area contributed by atoms with Gasteiger partial charge in [-0.25, -0.2) is 22.9 Å². The third-order valence-electron chi connectivity index (χ3n) is 13.1. The summed E-state index contributed by atoms with van der Waals surface area (Å²) in [7, 11) is -2.95. The number of hydrogen-bond donors (Lipinski definition) is 2. The highest BCUT2D eigenvalue weighted by Gasteiger charge is 2.52. The summed E-state index contributed by atoms with van der Waals surface area (Å²) in [5, 5.41) is 6.01. The lowest BCUT2D eigenvalue weighted by Gasteiger charge is -2.34. The largest absolute Gasteiger partial charge is 0.381 e. The summed E-state index contributed by atoms with van der Waals surface area (Å²) in [5.74, 6) is 0.971. The van der Waals surface area contributed by atoms with E-state index in [2.05, 4.69) is 32.1 Å². The highest BCUT2D eigenvalue weighted by molar-refractivity contribution is 7.92. The molecule has 1 amide bonds. The summed E-state index contributed by atoms with van der Waals surface area (Å²) < 4.78 is 53.0. The van der Waals surface area contributed by atoms with Crippen LogP contribution in [0.25, 0.3) is 28.1 Å². The van der Waals surface area contributed by atoms with Crippen LogP contribution < -0.4 is 10.6 Å². The Balaban J connectivity index is 1.10. The molecule has 14 nitrogen and oxygen atoms in total. The Bertz CT molecular complexity index is 3140. The van der Waals surface area contributed by atoms with E-state index in [0.717, 1.165) is 35.3 Å². The molecule has 62 heavy (non-hydrogen) atoms. The van der Waals surface area contributed by atoms with Crippen molar-refractivity contribution in [3.63, 3.8) is 0 Å². The molecule has 1 saturated carbocycles. The first-order chi connectivity index (χ1) is 29.8. The molecule has 0 spiro atoms. The number of nitrogens with zero attached hydrogens (tertiary/aromatic N) is 7. The van der Waals surface area contributed by atoms with E-state index in [4.69, 9.17) is 14.6 Å². The lowest BCUT2D eigenvalue weighted by atomic mass is 9.91. The molecule has 0 bridgehead atoms. The van der Waals surface area contributed by atoms with Crippen LogP contribution in [-0.4, -0.2) is 73.4 Å². The average molecular weight is 876 g/mol. The van der Waals surface area contributed by atoms with Crippen LogP contribution >= 0.6 is 11.5 Å². The Labute approximate surface area is 360 Å². The van der Waals surface area contributed by atoms with Crippen LogP contribution in [0.3, 0.4) is 0 Å². The summed E-state index contributed by atoms with van der Waals surface area (Å²) in [6, 6.07) is 17.8. The first-order valence-electron chi connectivity index (χ1n) is 21.0. The molecule has 1 aliphatic carbocycles. The number of aryl methyl sites for hydroxylation is 2. The molecule has 0 unspecified atom stereocenters.